The van der Waals surface area contributed by atoms with Gasteiger partial charge in [-0.25, -0.2) is 0 Å². The van der Waals surface area contributed by atoms with Crippen molar-refractivity contribution in [1.82, 2.24) is 0 Å². The molecular weight excluding hydrogens is 519 g/mol. The van der Waals surface area contributed by atoms with E-state index in [1.54, 1.807) is 0 Å². The zero-order valence-corrected chi connectivity index (χ0v) is 14.6. The molecule has 0 aliphatic rings. The number of halogens is 6. The van der Waals surface area contributed by atoms with E-state index >= 15 is 0 Å². The Hall–Kier alpha value is 1.91. The highest BCUT2D eigenvalue weighted by molar-refractivity contribution is 9.38. The van der Waals surface area contributed by atoms with Crippen molar-refractivity contribution in [3.8, 4) is 0 Å². The molecule has 0 aliphatic heterocycles. The van der Waals surface area contributed by atoms with E-state index in [1.165, 1.54) is 0 Å². The highest BCUT2D eigenvalue weighted by Crippen LogP contribution is 2.49. The molecule has 0 fully saturated rings. The number of rotatable bonds is 0. The second kappa shape index (κ2) is 4.83. The lowest BCUT2D eigenvalue weighted by atomic mass is 10.2. The van der Waals surface area contributed by atoms with Crippen molar-refractivity contribution in [2.24, 2.45) is 0 Å². The maximum absolute atomic E-state index is 5.91. The molecule has 0 unspecified atom stereocenters. The summed E-state index contributed by atoms with van der Waals surface area (Å²) in [4.78, 5) is 0. The lowest BCUT2D eigenvalue weighted by Gasteiger charge is -2.15. The van der Waals surface area contributed by atoms with Crippen molar-refractivity contribution >= 4 is 91.3 Å². The molecule has 0 aliphatic carbocycles. The summed E-state index contributed by atoms with van der Waals surface area (Å²) in [6, 6.07) is 3.74. The minimum atomic E-state index is -0.432. The van der Waals surface area contributed by atoms with E-state index in [0.29, 0.717) is 5.02 Å². The van der Waals surface area contributed by atoms with Crippen LogP contribution in [0.1, 0.15) is 5.56 Å². The summed E-state index contributed by atoms with van der Waals surface area (Å²) in [6.07, 6.45) is 0. The molecule has 0 N–H and O–H groups in total. The van der Waals surface area contributed by atoms with Crippen molar-refractivity contribution in [3.05, 3.63) is 31.7 Å². The van der Waals surface area contributed by atoms with Gasteiger partial charge in [0.05, 0.1) is 9.50 Å². The van der Waals surface area contributed by atoms with E-state index in [1.807, 2.05) is 12.1 Å². The van der Waals surface area contributed by atoms with Crippen molar-refractivity contribution < 1.29 is 0 Å². The summed E-state index contributed by atoms with van der Waals surface area (Å²) in [6.45, 7) is 0. The maximum Gasteiger partial charge on any atom is 0.161 e. The predicted molar refractivity (Wildman–Crippen MR) is 75.3 cm³/mol. The van der Waals surface area contributed by atoms with Crippen molar-refractivity contribution in [2.45, 2.75) is 2.14 Å². The molecule has 1 aromatic carbocycles. The molecule has 0 radical (unpaired) electrons. The summed E-state index contributed by atoms with van der Waals surface area (Å²) < 4.78 is 1.32. The molecule has 6 heteroatoms. The largest absolute Gasteiger partial charge is 0.161 e. The van der Waals surface area contributed by atoms with E-state index in [-0.39, 0.29) is 0 Å². The van der Waals surface area contributed by atoms with Gasteiger partial charge in [-0.2, -0.15) is 0 Å². The molecule has 1 rings (SSSR count). The first-order chi connectivity index (χ1) is 5.84. The third-order valence-electron chi connectivity index (χ3n) is 1.34. The Bertz CT molecular complexity index is 330. The Labute approximate surface area is 123 Å². The summed E-state index contributed by atoms with van der Waals surface area (Å²) in [7, 11) is 0. The fourth-order valence-corrected chi connectivity index (χ4v) is 3.79. The van der Waals surface area contributed by atoms with Crippen LogP contribution in [0.25, 0.3) is 0 Å². The van der Waals surface area contributed by atoms with Gasteiger partial charge in [0.15, 0.2) is 2.14 Å². The molecule has 0 atom stereocenters. The molecule has 0 saturated carbocycles. The molecule has 13 heavy (non-hydrogen) atoms. The van der Waals surface area contributed by atoms with Gasteiger partial charge < -0.3 is 0 Å². The number of alkyl halides is 3. The van der Waals surface area contributed by atoms with Gasteiger partial charge in [0, 0.05) is 10.0 Å². The van der Waals surface area contributed by atoms with Gasteiger partial charge in [-0.3, -0.25) is 0 Å². The molecule has 0 bridgehead atoms. The van der Waals surface area contributed by atoms with Gasteiger partial charge in [-0.15, -0.1) is 0 Å². The van der Waals surface area contributed by atoms with Crippen molar-refractivity contribution in [1.29, 1.82) is 0 Å². The normalized spacial score (nSPS) is 11.8. The summed E-state index contributed by atoms with van der Waals surface area (Å²) >= 11 is 23.0. The second-order valence-corrected chi connectivity index (χ2v) is 11.0. The average molecular weight is 521 g/mol. The van der Waals surface area contributed by atoms with Gasteiger partial charge in [-0.1, -0.05) is 65.5 Å². The van der Waals surface area contributed by atoms with Crippen LogP contribution >= 0.6 is 91.3 Å². The van der Waals surface area contributed by atoms with Crippen LogP contribution in [0.5, 0.6) is 0 Å². The van der Waals surface area contributed by atoms with E-state index < -0.39 is 2.14 Å². The standard InChI is InChI=1S/C7H2Br5Cl/c8-5-3(7(10,11)12)1-2-4(13)6(5)9/h1-2H. The number of benzene rings is 1. The monoisotopic (exact) mass is 516 g/mol. The maximum atomic E-state index is 5.91. The van der Waals surface area contributed by atoms with Crippen molar-refractivity contribution in [3.63, 3.8) is 0 Å². The summed E-state index contributed by atoms with van der Waals surface area (Å²) in [5, 5.41) is 0.673. The highest BCUT2D eigenvalue weighted by Gasteiger charge is 2.25. The molecular formula is C7H2Br5Cl. The van der Waals surface area contributed by atoms with E-state index in [4.69, 9.17) is 11.6 Å². The van der Waals surface area contributed by atoms with Crippen LogP contribution in [0.4, 0.5) is 0 Å². The molecule has 0 amide bonds. The van der Waals surface area contributed by atoms with Crippen LogP contribution in [0, 0.1) is 0 Å². The first kappa shape index (κ1) is 13.0. The molecule has 1 aromatic rings. The van der Waals surface area contributed by atoms with Crippen molar-refractivity contribution in [2.75, 3.05) is 0 Å². The zero-order chi connectivity index (χ0) is 10.2. The molecule has 0 saturated heterocycles. The third-order valence-corrected chi connectivity index (χ3v) is 5.34. The Morgan fingerprint density at radius 1 is 1.00 bits per heavy atom. The lowest BCUT2D eigenvalue weighted by molar-refractivity contribution is 1.32. The fraction of sp³-hybridized carbons (Fsp3) is 0.143. The quantitative estimate of drug-likeness (QED) is 0.284. The Kier molecular flexibility index (Phi) is 4.82. The van der Waals surface area contributed by atoms with Crippen LogP contribution in [-0.2, 0) is 2.14 Å². The minimum absolute atomic E-state index is 0.432. The van der Waals surface area contributed by atoms with Crippen LogP contribution in [0.2, 0.25) is 5.02 Å². The van der Waals surface area contributed by atoms with Gasteiger partial charge in [0.1, 0.15) is 0 Å². The van der Waals surface area contributed by atoms with Gasteiger partial charge >= 0.3 is 0 Å². The second-order valence-electron chi connectivity index (χ2n) is 2.22. The fourth-order valence-electron chi connectivity index (χ4n) is 0.745. The SMILES string of the molecule is Clc1ccc(C(Br)(Br)Br)c(Br)c1Br. The Morgan fingerprint density at radius 3 is 2.00 bits per heavy atom. The van der Waals surface area contributed by atoms with Crippen LogP contribution in [-0.4, -0.2) is 0 Å². The van der Waals surface area contributed by atoms with E-state index in [2.05, 4.69) is 79.6 Å². The van der Waals surface area contributed by atoms with Gasteiger partial charge in [0.25, 0.3) is 0 Å². The Balaban J connectivity index is 3.35. The Morgan fingerprint density at radius 2 is 1.54 bits per heavy atom. The first-order valence-electron chi connectivity index (χ1n) is 3.04. The molecule has 72 valence electrons. The van der Waals surface area contributed by atoms with Crippen LogP contribution in [0.3, 0.4) is 0 Å². The molecule has 0 heterocycles. The highest BCUT2D eigenvalue weighted by atomic mass is 80.0. The topological polar surface area (TPSA) is 0 Å². The average Bonchev–Trinajstić information content (AvgIpc) is 1.98. The van der Waals surface area contributed by atoms with Gasteiger partial charge in [-0.05, 0) is 37.9 Å². The lowest BCUT2D eigenvalue weighted by Crippen LogP contribution is -1.99. The predicted octanol–water partition coefficient (Wildman–Crippen LogP) is 6.16. The smallest absolute Gasteiger partial charge is 0.0831 e. The molecule has 0 nitrogen and oxygen atoms in total. The molecule has 0 spiro atoms. The number of hydrogen-bond donors (Lipinski definition) is 0. The summed E-state index contributed by atoms with van der Waals surface area (Å²) in [5.41, 5.74) is 1.00. The number of hydrogen-bond acceptors (Lipinski definition) is 0. The van der Waals surface area contributed by atoms with Crippen LogP contribution < -0.4 is 0 Å². The first-order valence-corrected chi connectivity index (χ1v) is 7.39. The van der Waals surface area contributed by atoms with Crippen LogP contribution in [0.15, 0.2) is 21.1 Å². The molecule has 0 aromatic heterocycles. The van der Waals surface area contributed by atoms with E-state index in [0.717, 1.165) is 14.5 Å². The third kappa shape index (κ3) is 3.18. The minimum Gasteiger partial charge on any atom is -0.0831 e. The van der Waals surface area contributed by atoms with E-state index in [9.17, 15) is 0 Å². The summed E-state index contributed by atoms with van der Waals surface area (Å²) in [5.74, 6) is 0. The zero-order valence-electron chi connectivity index (χ0n) is 5.92. The van der Waals surface area contributed by atoms with Gasteiger partial charge in [0.2, 0.25) is 0 Å².